The Morgan fingerprint density at radius 3 is 2.55 bits per heavy atom. The van der Waals surface area contributed by atoms with Crippen LogP contribution in [0.1, 0.15) is 39.3 Å². The maximum absolute atomic E-state index is 12.4. The van der Waals surface area contributed by atoms with E-state index in [9.17, 15) is 9.90 Å². The highest BCUT2D eigenvalue weighted by Gasteiger charge is 2.39. The molecule has 33 heavy (non-hydrogen) atoms. The lowest BCUT2D eigenvalue weighted by molar-refractivity contribution is 0.0119. The highest BCUT2D eigenvalue weighted by Crippen LogP contribution is 2.36. The second-order valence-electron chi connectivity index (χ2n) is 9.33. The van der Waals surface area contributed by atoms with Gasteiger partial charge in [0.1, 0.15) is 11.4 Å². The highest BCUT2D eigenvalue weighted by atomic mass is 32.1. The second kappa shape index (κ2) is 9.49. The molecule has 1 aromatic carbocycles. The van der Waals surface area contributed by atoms with Crippen LogP contribution in [-0.4, -0.2) is 51.4 Å². The summed E-state index contributed by atoms with van der Waals surface area (Å²) in [5, 5.41) is 14.4. The van der Waals surface area contributed by atoms with Gasteiger partial charge in [-0.25, -0.2) is 14.8 Å². The van der Waals surface area contributed by atoms with Crippen molar-refractivity contribution in [3.8, 4) is 10.4 Å². The number of ether oxygens (including phenoxy) is 1. The zero-order valence-corrected chi connectivity index (χ0v) is 20.1. The number of aliphatic hydroxyl groups is 1. The fraction of sp³-hybridized carbons (Fsp3) is 0.400. The van der Waals surface area contributed by atoms with Crippen molar-refractivity contribution < 1.29 is 14.6 Å². The van der Waals surface area contributed by atoms with Crippen molar-refractivity contribution in [2.45, 2.75) is 44.6 Å². The van der Waals surface area contributed by atoms with Crippen molar-refractivity contribution in [2.75, 3.05) is 25.0 Å². The number of aromatic nitrogens is 2. The number of piperidine rings is 1. The molecule has 1 fully saturated rings. The molecule has 1 amide bonds. The fourth-order valence-electron chi connectivity index (χ4n) is 3.92. The molecule has 1 saturated heterocycles. The van der Waals surface area contributed by atoms with Crippen LogP contribution >= 0.6 is 11.3 Å². The summed E-state index contributed by atoms with van der Waals surface area (Å²) in [5.74, 6) is 0.684. The van der Waals surface area contributed by atoms with Gasteiger partial charge < -0.3 is 20.1 Å². The number of hydrogen-bond acceptors (Lipinski definition) is 7. The van der Waals surface area contributed by atoms with Gasteiger partial charge >= 0.3 is 6.09 Å². The first-order chi connectivity index (χ1) is 15.8. The van der Waals surface area contributed by atoms with Gasteiger partial charge in [0.25, 0.3) is 0 Å². The maximum Gasteiger partial charge on any atom is 0.410 e. The maximum atomic E-state index is 12.4. The van der Waals surface area contributed by atoms with Crippen molar-refractivity contribution in [3.63, 3.8) is 0 Å². The molecule has 0 aliphatic carbocycles. The second-order valence-corrected chi connectivity index (χ2v) is 10.4. The quantitative estimate of drug-likeness (QED) is 0.537. The smallest absolute Gasteiger partial charge is 0.410 e. The van der Waals surface area contributed by atoms with Crippen molar-refractivity contribution >= 4 is 28.4 Å². The number of aliphatic hydroxyl groups excluding tert-OH is 1. The van der Waals surface area contributed by atoms with Crippen LogP contribution in [0, 0.1) is 0 Å². The van der Waals surface area contributed by atoms with Gasteiger partial charge in [-0.1, -0.05) is 47.7 Å². The first-order valence-corrected chi connectivity index (χ1v) is 11.9. The number of anilines is 2. The van der Waals surface area contributed by atoms with Gasteiger partial charge in [-0.3, -0.25) is 0 Å². The van der Waals surface area contributed by atoms with E-state index in [-0.39, 0.29) is 12.7 Å². The van der Waals surface area contributed by atoms with E-state index in [1.807, 2.05) is 63.4 Å². The third-order valence-electron chi connectivity index (χ3n) is 5.77. The molecule has 0 atom stereocenters. The van der Waals surface area contributed by atoms with Crippen molar-refractivity contribution in [3.05, 3.63) is 60.4 Å². The van der Waals surface area contributed by atoms with Gasteiger partial charge in [0.15, 0.2) is 5.13 Å². The molecule has 0 bridgehead atoms. The van der Waals surface area contributed by atoms with Gasteiger partial charge in [0, 0.05) is 24.7 Å². The third kappa shape index (κ3) is 5.51. The molecular weight excluding hydrogens is 436 g/mol. The summed E-state index contributed by atoms with van der Waals surface area (Å²) in [7, 11) is 0. The molecule has 0 saturated carbocycles. The molecule has 4 rings (SSSR count). The Morgan fingerprint density at radius 1 is 1.15 bits per heavy atom. The molecule has 174 valence electrons. The minimum absolute atomic E-state index is 0.0268. The number of pyridine rings is 1. The van der Waals surface area contributed by atoms with Gasteiger partial charge in [-0.05, 0) is 51.3 Å². The minimum atomic E-state index is -0.527. The van der Waals surface area contributed by atoms with Crippen molar-refractivity contribution in [1.82, 2.24) is 14.9 Å². The van der Waals surface area contributed by atoms with E-state index < -0.39 is 11.0 Å². The Labute approximate surface area is 198 Å². The van der Waals surface area contributed by atoms with Crippen LogP contribution in [0.3, 0.4) is 0 Å². The predicted molar refractivity (Wildman–Crippen MR) is 131 cm³/mol. The lowest BCUT2D eigenvalue weighted by Crippen LogP contribution is -2.48. The number of likely N-dealkylation sites (tertiary alicyclic amines) is 1. The molecule has 0 unspecified atom stereocenters. The zero-order valence-electron chi connectivity index (χ0n) is 19.2. The topological polar surface area (TPSA) is 87.6 Å². The standard InChI is InChI=1S/C25H30N4O3S/c1-24(2,3)32-23(31)29-14-12-25(17-30,13-15-29)20-10-7-11-21(27-20)28-22-26-16-19(33-22)18-8-5-4-6-9-18/h4-11,16,30H,12-15,17H2,1-3H3,(H,26,27,28). The van der Waals surface area contributed by atoms with E-state index in [2.05, 4.69) is 22.4 Å². The molecule has 0 radical (unpaired) electrons. The van der Waals surface area contributed by atoms with E-state index >= 15 is 0 Å². The van der Waals surface area contributed by atoms with Crippen LogP contribution in [0.4, 0.5) is 15.7 Å². The molecule has 0 spiro atoms. The molecule has 3 aromatic rings. The van der Waals surface area contributed by atoms with Gasteiger partial charge in [0.2, 0.25) is 0 Å². The van der Waals surface area contributed by atoms with Crippen molar-refractivity contribution in [1.29, 1.82) is 0 Å². The Morgan fingerprint density at radius 2 is 1.88 bits per heavy atom. The predicted octanol–water partition coefficient (Wildman–Crippen LogP) is 5.21. The summed E-state index contributed by atoms with van der Waals surface area (Å²) in [4.78, 5) is 24.5. The number of nitrogens with zero attached hydrogens (tertiary/aromatic N) is 3. The number of benzene rings is 1. The lowest BCUT2D eigenvalue weighted by Gasteiger charge is -2.40. The lowest BCUT2D eigenvalue weighted by atomic mass is 9.76. The van der Waals surface area contributed by atoms with Crippen LogP contribution in [-0.2, 0) is 10.2 Å². The summed E-state index contributed by atoms with van der Waals surface area (Å²) in [6, 6.07) is 15.9. The SMILES string of the molecule is CC(C)(C)OC(=O)N1CCC(CO)(c2cccc(Nc3ncc(-c4ccccc4)s3)n2)CC1. The summed E-state index contributed by atoms with van der Waals surface area (Å²) in [6.07, 6.45) is 2.78. The molecular formula is C25H30N4O3S. The van der Waals surface area contributed by atoms with E-state index in [0.29, 0.717) is 31.7 Å². The van der Waals surface area contributed by atoms with Gasteiger partial charge in [-0.15, -0.1) is 0 Å². The number of carbonyl (C=O) groups excluding carboxylic acids is 1. The third-order valence-corrected chi connectivity index (χ3v) is 6.73. The summed E-state index contributed by atoms with van der Waals surface area (Å²) < 4.78 is 5.50. The molecule has 2 N–H and O–H groups in total. The molecule has 8 heteroatoms. The zero-order chi connectivity index (χ0) is 23.5. The van der Waals surface area contributed by atoms with E-state index in [1.54, 1.807) is 16.2 Å². The summed E-state index contributed by atoms with van der Waals surface area (Å²) in [6.45, 7) is 6.59. The summed E-state index contributed by atoms with van der Waals surface area (Å²) in [5.41, 5.74) is 0.925. The average molecular weight is 467 g/mol. The number of carbonyl (C=O) groups is 1. The Kier molecular flexibility index (Phi) is 6.67. The van der Waals surface area contributed by atoms with Crippen LogP contribution < -0.4 is 5.32 Å². The Balaban J connectivity index is 1.46. The van der Waals surface area contributed by atoms with Gasteiger partial charge in [0.05, 0.1) is 17.2 Å². The fourth-order valence-corrected chi connectivity index (χ4v) is 4.74. The molecule has 1 aliphatic heterocycles. The largest absolute Gasteiger partial charge is 0.444 e. The van der Waals surface area contributed by atoms with Crippen LogP contribution in [0.5, 0.6) is 0 Å². The van der Waals surface area contributed by atoms with Crippen molar-refractivity contribution in [2.24, 2.45) is 0 Å². The van der Waals surface area contributed by atoms with Crippen LogP contribution in [0.15, 0.2) is 54.7 Å². The molecule has 7 nitrogen and oxygen atoms in total. The van der Waals surface area contributed by atoms with Gasteiger partial charge in [-0.2, -0.15) is 0 Å². The van der Waals surface area contributed by atoms with E-state index in [1.165, 1.54) is 0 Å². The minimum Gasteiger partial charge on any atom is -0.444 e. The Bertz CT molecular complexity index is 1090. The number of amides is 1. The number of rotatable bonds is 5. The number of thiazole rings is 1. The van der Waals surface area contributed by atoms with E-state index in [0.717, 1.165) is 21.3 Å². The first kappa shape index (κ1) is 23.2. The number of nitrogens with one attached hydrogen (secondary N) is 1. The van der Waals surface area contributed by atoms with E-state index in [4.69, 9.17) is 9.72 Å². The molecule has 3 heterocycles. The first-order valence-electron chi connectivity index (χ1n) is 11.1. The Hall–Kier alpha value is -2.97. The average Bonchev–Trinajstić information content (AvgIpc) is 3.27. The molecule has 1 aliphatic rings. The van der Waals surface area contributed by atoms with Crippen LogP contribution in [0.25, 0.3) is 10.4 Å². The highest BCUT2D eigenvalue weighted by molar-refractivity contribution is 7.18. The molecule has 2 aromatic heterocycles. The van der Waals surface area contributed by atoms with Crippen LogP contribution in [0.2, 0.25) is 0 Å². The monoisotopic (exact) mass is 466 g/mol. The normalized spacial score (nSPS) is 15.8. The summed E-state index contributed by atoms with van der Waals surface area (Å²) >= 11 is 1.57. The number of hydrogen-bond donors (Lipinski definition) is 2.